The van der Waals surface area contributed by atoms with E-state index in [1.807, 2.05) is 6.08 Å². The number of unbranched alkanes of at least 4 members (excludes halogenated alkanes) is 5. The molecule has 0 amide bonds. The summed E-state index contributed by atoms with van der Waals surface area (Å²) in [5.41, 5.74) is 1.42. The highest BCUT2D eigenvalue weighted by molar-refractivity contribution is 5.23. The highest BCUT2D eigenvalue weighted by Gasteiger charge is 2.06. The predicted molar refractivity (Wildman–Crippen MR) is 81.7 cm³/mol. The highest BCUT2D eigenvalue weighted by Crippen LogP contribution is 2.24. The van der Waals surface area contributed by atoms with Crippen molar-refractivity contribution in [1.82, 2.24) is 0 Å². The average Bonchev–Trinajstić information content (AvgIpc) is 2.42. The summed E-state index contributed by atoms with van der Waals surface area (Å²) in [5, 5.41) is 0. The zero-order chi connectivity index (χ0) is 13.1. The molecule has 0 saturated heterocycles. The van der Waals surface area contributed by atoms with Crippen LogP contribution >= 0.6 is 0 Å². The first kappa shape index (κ1) is 15.0. The van der Waals surface area contributed by atoms with Crippen molar-refractivity contribution in [1.29, 1.82) is 0 Å². The molecule has 0 N–H and O–H groups in total. The van der Waals surface area contributed by atoms with Crippen molar-refractivity contribution in [3.63, 3.8) is 0 Å². The van der Waals surface area contributed by atoms with Crippen molar-refractivity contribution in [2.75, 3.05) is 0 Å². The zero-order valence-electron chi connectivity index (χ0n) is 11.8. The van der Waals surface area contributed by atoms with Crippen LogP contribution in [0.5, 0.6) is 0 Å². The van der Waals surface area contributed by atoms with Gasteiger partial charge in [0, 0.05) is 5.92 Å². The third-order valence-electron chi connectivity index (χ3n) is 3.46. The molecule has 1 radical (unpaired) electrons. The molecule has 0 aromatic heterocycles. The second-order valence-electron chi connectivity index (χ2n) is 5.00. The van der Waals surface area contributed by atoms with Crippen molar-refractivity contribution in [3.8, 4) is 0 Å². The lowest BCUT2D eigenvalue weighted by Crippen LogP contribution is -1.95. The van der Waals surface area contributed by atoms with Gasteiger partial charge in [0.2, 0.25) is 0 Å². The fourth-order valence-electron chi connectivity index (χ4n) is 2.38. The molecule has 0 heteroatoms. The fraction of sp³-hybridized carbons (Fsp3) is 0.500. The summed E-state index contributed by atoms with van der Waals surface area (Å²) < 4.78 is 0. The Morgan fingerprint density at radius 2 is 1.67 bits per heavy atom. The summed E-state index contributed by atoms with van der Waals surface area (Å²) in [5.74, 6) is 0.551. The van der Waals surface area contributed by atoms with Crippen LogP contribution in [0.1, 0.15) is 63.4 Å². The summed E-state index contributed by atoms with van der Waals surface area (Å²) >= 11 is 0. The van der Waals surface area contributed by atoms with Crippen molar-refractivity contribution >= 4 is 0 Å². The molecule has 1 aromatic carbocycles. The monoisotopic (exact) mass is 243 g/mol. The number of hydrogen-bond acceptors (Lipinski definition) is 0. The maximum absolute atomic E-state index is 3.84. The van der Waals surface area contributed by atoms with Crippen molar-refractivity contribution in [2.24, 2.45) is 0 Å². The predicted octanol–water partition coefficient (Wildman–Crippen LogP) is 5.91. The second-order valence-corrected chi connectivity index (χ2v) is 5.00. The molecule has 1 rings (SSSR count). The van der Waals surface area contributed by atoms with Crippen LogP contribution in [0.4, 0.5) is 0 Å². The van der Waals surface area contributed by atoms with Gasteiger partial charge in [0.15, 0.2) is 0 Å². The second kappa shape index (κ2) is 9.94. The van der Waals surface area contributed by atoms with Crippen LogP contribution in [-0.4, -0.2) is 0 Å². The van der Waals surface area contributed by atoms with Gasteiger partial charge in [0.05, 0.1) is 0 Å². The van der Waals surface area contributed by atoms with Gasteiger partial charge in [-0.25, -0.2) is 0 Å². The van der Waals surface area contributed by atoms with Crippen molar-refractivity contribution in [2.45, 2.75) is 57.8 Å². The van der Waals surface area contributed by atoms with Gasteiger partial charge in [-0.15, -0.1) is 0 Å². The number of benzene rings is 1. The summed E-state index contributed by atoms with van der Waals surface area (Å²) in [6, 6.07) is 10.8. The van der Waals surface area contributed by atoms with E-state index in [4.69, 9.17) is 0 Å². The normalized spacial score (nSPS) is 13.0. The summed E-state index contributed by atoms with van der Waals surface area (Å²) in [7, 11) is 0. The maximum atomic E-state index is 3.84. The van der Waals surface area contributed by atoms with Crippen LogP contribution in [0.3, 0.4) is 0 Å². The Bertz CT molecular complexity index is 310. The van der Waals surface area contributed by atoms with Gasteiger partial charge in [-0.2, -0.15) is 0 Å². The van der Waals surface area contributed by atoms with Gasteiger partial charge in [-0.05, 0) is 18.9 Å². The Kier molecular flexibility index (Phi) is 8.29. The Hall–Kier alpha value is -1.04. The molecule has 0 fully saturated rings. The minimum Gasteiger partial charge on any atom is -0.0876 e. The summed E-state index contributed by atoms with van der Waals surface area (Å²) in [6.45, 7) is 6.11. The van der Waals surface area contributed by atoms with E-state index in [1.54, 1.807) is 0 Å². The van der Waals surface area contributed by atoms with Crippen molar-refractivity contribution in [3.05, 3.63) is 55.0 Å². The lowest BCUT2D eigenvalue weighted by atomic mass is 9.92. The molecule has 1 unspecified atom stereocenters. The minimum absolute atomic E-state index is 0.551. The largest absolute Gasteiger partial charge is 0.0876 e. The Morgan fingerprint density at radius 3 is 2.33 bits per heavy atom. The van der Waals surface area contributed by atoms with E-state index < -0.39 is 0 Å². The van der Waals surface area contributed by atoms with E-state index in [2.05, 4.69) is 50.3 Å². The molecule has 0 heterocycles. The van der Waals surface area contributed by atoms with Gasteiger partial charge >= 0.3 is 0 Å². The molecule has 1 aromatic rings. The molecule has 99 valence electrons. The number of rotatable bonds is 9. The van der Waals surface area contributed by atoms with Crippen LogP contribution in [0.2, 0.25) is 0 Å². The summed E-state index contributed by atoms with van der Waals surface area (Å²) in [4.78, 5) is 0. The Labute approximate surface area is 113 Å². The van der Waals surface area contributed by atoms with E-state index in [9.17, 15) is 0 Å². The number of hydrogen-bond donors (Lipinski definition) is 0. The quantitative estimate of drug-likeness (QED) is 0.473. The molecule has 0 saturated carbocycles. The summed E-state index contributed by atoms with van der Waals surface area (Å²) in [6.07, 6.45) is 13.6. The molecule has 0 aliphatic rings. The molecule has 0 spiro atoms. The van der Waals surface area contributed by atoms with Crippen LogP contribution in [0.25, 0.3) is 0 Å². The molecule has 0 aliphatic heterocycles. The number of allylic oxidation sites excluding steroid dienone is 2. The molecule has 1 atom stereocenters. The van der Waals surface area contributed by atoms with Crippen molar-refractivity contribution < 1.29 is 0 Å². The van der Waals surface area contributed by atoms with Gasteiger partial charge in [-0.1, -0.05) is 87.9 Å². The van der Waals surface area contributed by atoms with Crippen LogP contribution in [0.15, 0.2) is 42.5 Å². The van der Waals surface area contributed by atoms with Gasteiger partial charge in [-0.3, -0.25) is 0 Å². The Balaban J connectivity index is 2.31. The van der Waals surface area contributed by atoms with Crippen LogP contribution < -0.4 is 0 Å². The Morgan fingerprint density at radius 1 is 1.00 bits per heavy atom. The lowest BCUT2D eigenvalue weighted by Gasteiger charge is -2.13. The minimum atomic E-state index is 0.551. The SMILES string of the molecule is [CH2]/C=C/C(CCCCCCCC)c1ccccc1. The topological polar surface area (TPSA) is 0 Å². The first-order valence-electron chi connectivity index (χ1n) is 7.39. The molecule has 0 nitrogen and oxygen atoms in total. The van der Waals surface area contributed by atoms with Gasteiger partial charge < -0.3 is 0 Å². The third kappa shape index (κ3) is 6.05. The van der Waals surface area contributed by atoms with Gasteiger partial charge in [0.1, 0.15) is 0 Å². The standard InChI is InChI=1S/C18H27/c1-3-5-6-7-8-10-14-17(13-4-2)18-15-11-9-12-16-18/h4,9,11-13,15-17H,2-3,5-8,10,14H2,1H3/b13-4+. The third-order valence-corrected chi connectivity index (χ3v) is 3.46. The fourth-order valence-corrected chi connectivity index (χ4v) is 2.38. The molecule has 0 bridgehead atoms. The van der Waals surface area contributed by atoms with E-state index >= 15 is 0 Å². The first-order valence-corrected chi connectivity index (χ1v) is 7.39. The van der Waals surface area contributed by atoms with Gasteiger partial charge in [0.25, 0.3) is 0 Å². The van der Waals surface area contributed by atoms with E-state index in [0.717, 1.165) is 0 Å². The highest BCUT2D eigenvalue weighted by atomic mass is 14.1. The van der Waals surface area contributed by atoms with E-state index in [1.165, 1.54) is 50.5 Å². The molecule has 0 aliphatic carbocycles. The molecular formula is C18H27. The molecule has 18 heavy (non-hydrogen) atoms. The molecular weight excluding hydrogens is 216 g/mol. The van der Waals surface area contributed by atoms with E-state index in [0.29, 0.717) is 5.92 Å². The van der Waals surface area contributed by atoms with Crippen LogP contribution in [0, 0.1) is 6.92 Å². The lowest BCUT2D eigenvalue weighted by molar-refractivity contribution is 0.573. The average molecular weight is 243 g/mol. The maximum Gasteiger partial charge on any atom is 0.00179 e. The zero-order valence-corrected chi connectivity index (χ0v) is 11.8. The smallest absolute Gasteiger partial charge is 0.00179 e. The van der Waals surface area contributed by atoms with E-state index in [-0.39, 0.29) is 0 Å². The van der Waals surface area contributed by atoms with Crippen LogP contribution in [-0.2, 0) is 0 Å². The first-order chi connectivity index (χ1) is 8.88.